The summed E-state index contributed by atoms with van der Waals surface area (Å²) in [5.41, 5.74) is 0. The number of ether oxygens (including phenoxy) is 1. The van der Waals surface area contributed by atoms with E-state index in [-0.39, 0.29) is 6.04 Å². The van der Waals surface area contributed by atoms with Crippen molar-refractivity contribution >= 4 is 17.3 Å². The fourth-order valence-electron chi connectivity index (χ4n) is 1.28. The zero-order valence-corrected chi connectivity index (χ0v) is 10.5. The Balaban J connectivity index is 2.10. The van der Waals surface area contributed by atoms with Gasteiger partial charge in [-0.2, -0.15) is 0 Å². The van der Waals surface area contributed by atoms with Crippen molar-refractivity contribution in [3.63, 3.8) is 0 Å². The van der Waals surface area contributed by atoms with Crippen molar-refractivity contribution in [2.24, 2.45) is 0 Å². The minimum absolute atomic E-state index is 0.221. The van der Waals surface area contributed by atoms with Crippen LogP contribution < -0.4 is 10.6 Å². The Kier molecular flexibility index (Phi) is 5.81. The van der Waals surface area contributed by atoms with Crippen molar-refractivity contribution in [1.82, 2.24) is 20.2 Å². The first-order chi connectivity index (χ1) is 7.72. The number of thiocarbonyl (C=S) groups is 1. The number of methoxy groups -OCH3 is 1. The summed E-state index contributed by atoms with van der Waals surface area (Å²) in [5.74, 6) is 0. The number of imidazole rings is 1. The van der Waals surface area contributed by atoms with Gasteiger partial charge >= 0.3 is 0 Å². The number of nitrogens with zero attached hydrogens (tertiary/aromatic N) is 2. The lowest BCUT2D eigenvalue weighted by atomic mass is 10.4. The average molecular weight is 242 g/mol. The van der Waals surface area contributed by atoms with Gasteiger partial charge in [0.25, 0.3) is 0 Å². The molecule has 0 aliphatic heterocycles. The van der Waals surface area contributed by atoms with Gasteiger partial charge in [-0.25, -0.2) is 4.98 Å². The smallest absolute Gasteiger partial charge is 0.166 e. The van der Waals surface area contributed by atoms with Crippen LogP contribution in [0.2, 0.25) is 0 Å². The zero-order valence-electron chi connectivity index (χ0n) is 9.64. The van der Waals surface area contributed by atoms with Crippen molar-refractivity contribution in [2.75, 3.05) is 20.3 Å². The molecule has 0 aliphatic rings. The first-order valence-electron chi connectivity index (χ1n) is 5.21. The molecule has 6 heteroatoms. The van der Waals surface area contributed by atoms with Crippen molar-refractivity contribution in [3.8, 4) is 0 Å². The molecule has 0 amide bonds. The molecule has 0 spiro atoms. The van der Waals surface area contributed by atoms with Crippen LogP contribution in [0.1, 0.15) is 6.92 Å². The summed E-state index contributed by atoms with van der Waals surface area (Å²) in [5, 5.41) is 6.91. The molecule has 0 aliphatic carbocycles. The molecule has 0 radical (unpaired) electrons. The van der Waals surface area contributed by atoms with Gasteiger partial charge < -0.3 is 19.9 Å². The first-order valence-corrected chi connectivity index (χ1v) is 5.62. The summed E-state index contributed by atoms with van der Waals surface area (Å²) in [7, 11) is 1.67. The SMILES string of the molecule is COCC(C)NC(=S)NCCn1ccnc1. The summed E-state index contributed by atoms with van der Waals surface area (Å²) in [6.45, 7) is 4.29. The van der Waals surface area contributed by atoms with E-state index < -0.39 is 0 Å². The molecule has 90 valence electrons. The zero-order chi connectivity index (χ0) is 11.8. The van der Waals surface area contributed by atoms with Crippen molar-refractivity contribution < 1.29 is 4.74 Å². The predicted molar refractivity (Wildman–Crippen MR) is 67.3 cm³/mol. The van der Waals surface area contributed by atoms with Gasteiger partial charge in [0, 0.05) is 38.6 Å². The van der Waals surface area contributed by atoms with E-state index in [1.54, 1.807) is 19.6 Å². The number of nitrogens with one attached hydrogen (secondary N) is 2. The van der Waals surface area contributed by atoms with Crippen LogP contribution in [0.15, 0.2) is 18.7 Å². The second kappa shape index (κ2) is 7.19. The number of hydrogen-bond acceptors (Lipinski definition) is 3. The molecule has 16 heavy (non-hydrogen) atoms. The van der Waals surface area contributed by atoms with Crippen LogP contribution in [-0.4, -0.2) is 41.0 Å². The summed E-state index contributed by atoms with van der Waals surface area (Å²) < 4.78 is 7.00. The fourth-order valence-corrected chi connectivity index (χ4v) is 1.59. The molecule has 1 heterocycles. The second-order valence-corrected chi connectivity index (χ2v) is 3.97. The summed E-state index contributed by atoms with van der Waals surface area (Å²) in [4.78, 5) is 3.96. The molecule has 1 aromatic heterocycles. The molecule has 0 saturated heterocycles. The fraction of sp³-hybridized carbons (Fsp3) is 0.600. The Morgan fingerprint density at radius 2 is 2.44 bits per heavy atom. The van der Waals surface area contributed by atoms with Gasteiger partial charge in [-0.15, -0.1) is 0 Å². The Hall–Kier alpha value is -1.14. The van der Waals surface area contributed by atoms with Crippen LogP contribution in [0, 0.1) is 0 Å². The van der Waals surface area contributed by atoms with Gasteiger partial charge in [0.2, 0.25) is 0 Å². The van der Waals surface area contributed by atoms with E-state index in [2.05, 4.69) is 15.6 Å². The summed E-state index contributed by atoms with van der Waals surface area (Å²) >= 11 is 5.14. The lowest BCUT2D eigenvalue weighted by Gasteiger charge is -2.16. The highest BCUT2D eigenvalue weighted by atomic mass is 32.1. The Labute approximate surface area is 101 Å². The molecule has 0 saturated carbocycles. The quantitative estimate of drug-likeness (QED) is 0.706. The van der Waals surface area contributed by atoms with Crippen molar-refractivity contribution in [3.05, 3.63) is 18.7 Å². The van der Waals surface area contributed by atoms with E-state index in [9.17, 15) is 0 Å². The van der Waals surface area contributed by atoms with E-state index in [1.165, 1.54) is 0 Å². The molecule has 1 aromatic rings. The maximum absolute atomic E-state index is 5.14. The minimum Gasteiger partial charge on any atom is -0.383 e. The van der Waals surface area contributed by atoms with Crippen LogP contribution >= 0.6 is 12.2 Å². The Bertz CT molecular complexity index is 302. The van der Waals surface area contributed by atoms with Gasteiger partial charge in [0.05, 0.1) is 12.9 Å². The third kappa shape index (κ3) is 5.09. The highest BCUT2D eigenvalue weighted by Crippen LogP contribution is 1.85. The van der Waals surface area contributed by atoms with Crippen molar-refractivity contribution in [2.45, 2.75) is 19.5 Å². The number of aromatic nitrogens is 2. The van der Waals surface area contributed by atoms with Gasteiger partial charge in [-0.3, -0.25) is 0 Å². The van der Waals surface area contributed by atoms with E-state index in [1.807, 2.05) is 17.7 Å². The summed E-state index contributed by atoms with van der Waals surface area (Å²) in [6, 6.07) is 0.221. The lowest BCUT2D eigenvalue weighted by Crippen LogP contribution is -2.43. The standard InChI is InChI=1S/C10H18N4OS/c1-9(7-15-2)13-10(16)12-4-6-14-5-3-11-8-14/h3,5,8-9H,4,6-7H2,1-2H3,(H2,12,13,16). The Morgan fingerprint density at radius 1 is 1.62 bits per heavy atom. The molecule has 0 aromatic carbocycles. The minimum atomic E-state index is 0.221. The maximum Gasteiger partial charge on any atom is 0.166 e. The van der Waals surface area contributed by atoms with Gasteiger partial charge in [-0.05, 0) is 19.1 Å². The largest absolute Gasteiger partial charge is 0.383 e. The lowest BCUT2D eigenvalue weighted by molar-refractivity contribution is 0.179. The Morgan fingerprint density at radius 3 is 3.06 bits per heavy atom. The topological polar surface area (TPSA) is 51.1 Å². The molecular weight excluding hydrogens is 224 g/mol. The third-order valence-electron chi connectivity index (χ3n) is 2.01. The van der Waals surface area contributed by atoms with Gasteiger partial charge in [0.15, 0.2) is 5.11 Å². The van der Waals surface area contributed by atoms with E-state index in [0.717, 1.165) is 13.1 Å². The van der Waals surface area contributed by atoms with Crippen LogP contribution in [-0.2, 0) is 11.3 Å². The van der Waals surface area contributed by atoms with Crippen LogP contribution in [0.5, 0.6) is 0 Å². The third-order valence-corrected chi connectivity index (χ3v) is 2.27. The van der Waals surface area contributed by atoms with Gasteiger partial charge in [-0.1, -0.05) is 0 Å². The van der Waals surface area contributed by atoms with Crippen molar-refractivity contribution in [1.29, 1.82) is 0 Å². The maximum atomic E-state index is 5.14. The second-order valence-electron chi connectivity index (χ2n) is 3.56. The number of rotatable bonds is 6. The molecule has 0 bridgehead atoms. The molecule has 0 fully saturated rings. The summed E-state index contributed by atoms with van der Waals surface area (Å²) in [6.07, 6.45) is 5.47. The van der Waals surface area contributed by atoms with E-state index >= 15 is 0 Å². The highest BCUT2D eigenvalue weighted by molar-refractivity contribution is 7.80. The predicted octanol–water partition coefficient (Wildman–Crippen LogP) is 0.382. The highest BCUT2D eigenvalue weighted by Gasteiger charge is 2.02. The van der Waals surface area contributed by atoms with Crippen LogP contribution in [0.3, 0.4) is 0 Å². The molecule has 1 rings (SSSR count). The monoisotopic (exact) mass is 242 g/mol. The van der Waals surface area contributed by atoms with Gasteiger partial charge in [0.1, 0.15) is 0 Å². The molecule has 1 unspecified atom stereocenters. The molecule has 1 atom stereocenters. The molecular formula is C10H18N4OS. The van der Waals surface area contributed by atoms with Crippen LogP contribution in [0.25, 0.3) is 0 Å². The van der Waals surface area contributed by atoms with E-state index in [4.69, 9.17) is 17.0 Å². The normalized spacial score (nSPS) is 12.1. The molecule has 2 N–H and O–H groups in total. The average Bonchev–Trinajstić information content (AvgIpc) is 2.70. The number of hydrogen-bond donors (Lipinski definition) is 2. The van der Waals surface area contributed by atoms with E-state index in [0.29, 0.717) is 11.7 Å². The van der Waals surface area contributed by atoms with Crippen LogP contribution in [0.4, 0.5) is 0 Å². The molecule has 5 nitrogen and oxygen atoms in total. The first kappa shape index (κ1) is 12.9.